The molecule has 0 unspecified atom stereocenters. The maximum absolute atomic E-state index is 11.9. The van der Waals surface area contributed by atoms with Gasteiger partial charge in [-0.25, -0.2) is 10.2 Å². The third kappa shape index (κ3) is 7.40. The van der Waals surface area contributed by atoms with E-state index in [4.69, 9.17) is 4.74 Å². The molecule has 3 N–H and O–H groups in total. The van der Waals surface area contributed by atoms with E-state index in [1.165, 1.54) is 24.4 Å². The third-order valence-corrected chi connectivity index (χ3v) is 2.66. The van der Waals surface area contributed by atoms with Gasteiger partial charge in [-0.15, -0.1) is 0 Å². The maximum atomic E-state index is 11.9. The van der Waals surface area contributed by atoms with Crippen molar-refractivity contribution in [3.63, 3.8) is 0 Å². The number of rotatable bonds is 6. The largest absolute Gasteiger partial charge is 0.444 e. The Morgan fingerprint density at radius 1 is 1.44 bits per heavy atom. The van der Waals surface area contributed by atoms with E-state index in [2.05, 4.69) is 15.8 Å². The minimum absolute atomic E-state index is 0.116. The van der Waals surface area contributed by atoms with Crippen LogP contribution in [-0.2, 0) is 9.53 Å². The Morgan fingerprint density at radius 2 is 2.12 bits per heavy atom. The highest BCUT2D eigenvalue weighted by Gasteiger charge is 2.23. The summed E-state index contributed by atoms with van der Waals surface area (Å²) in [6.45, 7) is 4.31. The van der Waals surface area contributed by atoms with Crippen molar-refractivity contribution < 1.29 is 24.4 Å². The molecule has 1 aromatic rings. The number of nitro benzene ring substituents is 1. The fourth-order valence-electron chi connectivity index (χ4n) is 1.61. The predicted octanol–water partition coefficient (Wildman–Crippen LogP) is 0.931. The third-order valence-electron chi connectivity index (χ3n) is 2.66. The lowest BCUT2D eigenvalue weighted by molar-refractivity contribution is -0.384. The van der Waals surface area contributed by atoms with E-state index in [9.17, 15) is 24.8 Å². The first-order valence-electron chi connectivity index (χ1n) is 7.30. The molecule has 10 heteroatoms. The van der Waals surface area contributed by atoms with E-state index in [0.717, 1.165) is 0 Å². The van der Waals surface area contributed by atoms with Crippen molar-refractivity contribution in [3.8, 4) is 0 Å². The molecule has 1 atom stereocenters. The summed E-state index contributed by atoms with van der Waals surface area (Å²) in [4.78, 5) is 33.6. The number of carbonyl (C=O) groups excluding carboxylic acids is 2. The molecule has 25 heavy (non-hydrogen) atoms. The number of nitrogens with one attached hydrogen (secondary N) is 2. The van der Waals surface area contributed by atoms with Gasteiger partial charge in [-0.1, -0.05) is 12.1 Å². The van der Waals surface area contributed by atoms with Crippen molar-refractivity contribution in [2.45, 2.75) is 32.4 Å². The molecular formula is C15H20N4O6. The Kier molecular flexibility index (Phi) is 7.00. The standard InChI is InChI=1S/C15H20N4O6/c1-15(2,3)25-14(22)17-12(9-20)13(21)18-16-8-10-5-4-6-11(7-10)19(23)24/h4-8,12,20H,9H2,1-3H3,(H,17,22)(H,18,21)/b16-8+/t12-/m0/s1. The lowest BCUT2D eigenvalue weighted by atomic mass is 10.2. The molecule has 1 aromatic carbocycles. The SMILES string of the molecule is CC(C)(C)OC(=O)N[C@@H](CO)C(=O)N/N=C/c1cccc([N+](=O)[O-])c1. The zero-order valence-corrected chi connectivity index (χ0v) is 14.1. The number of carbonyl (C=O) groups is 2. The summed E-state index contributed by atoms with van der Waals surface area (Å²) < 4.78 is 4.99. The van der Waals surface area contributed by atoms with Crippen LogP contribution in [0.5, 0.6) is 0 Å². The summed E-state index contributed by atoms with van der Waals surface area (Å²) in [5.41, 5.74) is 1.66. The second-order valence-electron chi connectivity index (χ2n) is 5.97. The average Bonchev–Trinajstić information content (AvgIpc) is 2.51. The van der Waals surface area contributed by atoms with Gasteiger partial charge in [-0.3, -0.25) is 14.9 Å². The summed E-state index contributed by atoms with van der Waals surface area (Å²) in [6, 6.07) is 4.38. The van der Waals surface area contributed by atoms with Gasteiger partial charge in [0.15, 0.2) is 0 Å². The van der Waals surface area contributed by atoms with Crippen LogP contribution in [0, 0.1) is 10.1 Å². The van der Waals surface area contributed by atoms with Crippen LogP contribution in [-0.4, -0.2) is 46.5 Å². The summed E-state index contributed by atoms with van der Waals surface area (Å²) in [5, 5.41) is 25.7. The number of hydrogen-bond donors (Lipinski definition) is 3. The molecule has 0 aliphatic heterocycles. The molecule has 0 saturated carbocycles. The molecule has 0 bridgehead atoms. The van der Waals surface area contributed by atoms with E-state index < -0.39 is 35.2 Å². The van der Waals surface area contributed by atoms with Crippen LogP contribution < -0.4 is 10.7 Å². The molecule has 0 spiro atoms. The lowest BCUT2D eigenvalue weighted by Gasteiger charge is -2.21. The van der Waals surface area contributed by atoms with Crippen molar-refractivity contribution in [2.75, 3.05) is 6.61 Å². The number of non-ortho nitro benzene ring substituents is 1. The first-order valence-corrected chi connectivity index (χ1v) is 7.30. The van der Waals surface area contributed by atoms with Crippen LogP contribution in [0.4, 0.5) is 10.5 Å². The Labute approximate surface area is 144 Å². The summed E-state index contributed by atoms with van der Waals surface area (Å²) in [6.07, 6.45) is 0.344. The van der Waals surface area contributed by atoms with Gasteiger partial charge in [0.25, 0.3) is 11.6 Å². The van der Waals surface area contributed by atoms with Crippen LogP contribution >= 0.6 is 0 Å². The van der Waals surface area contributed by atoms with Gasteiger partial charge in [-0.2, -0.15) is 5.10 Å². The molecular weight excluding hydrogens is 332 g/mol. The first-order chi connectivity index (χ1) is 11.6. The van der Waals surface area contributed by atoms with Gasteiger partial charge in [0.2, 0.25) is 0 Å². The molecule has 2 amide bonds. The number of alkyl carbamates (subject to hydrolysis) is 1. The minimum Gasteiger partial charge on any atom is -0.444 e. The molecule has 0 saturated heterocycles. The number of ether oxygens (including phenoxy) is 1. The zero-order chi connectivity index (χ0) is 19.0. The number of benzene rings is 1. The van der Waals surface area contributed by atoms with E-state index in [-0.39, 0.29) is 5.69 Å². The van der Waals surface area contributed by atoms with E-state index in [1.807, 2.05) is 0 Å². The monoisotopic (exact) mass is 352 g/mol. The van der Waals surface area contributed by atoms with Crippen LogP contribution in [0.3, 0.4) is 0 Å². The van der Waals surface area contributed by atoms with Gasteiger partial charge in [0.1, 0.15) is 11.6 Å². The second-order valence-corrected chi connectivity index (χ2v) is 5.97. The topological polar surface area (TPSA) is 143 Å². The fourth-order valence-corrected chi connectivity index (χ4v) is 1.61. The van der Waals surface area contributed by atoms with Gasteiger partial charge in [-0.05, 0) is 20.8 Å². The van der Waals surface area contributed by atoms with Gasteiger partial charge in [0, 0.05) is 17.7 Å². The molecule has 0 heterocycles. The quantitative estimate of drug-likeness (QED) is 0.395. The number of nitrogens with zero attached hydrogens (tertiary/aromatic N) is 2. The predicted molar refractivity (Wildman–Crippen MR) is 89.1 cm³/mol. The number of hydrazone groups is 1. The molecule has 10 nitrogen and oxygen atoms in total. The van der Waals surface area contributed by atoms with E-state index >= 15 is 0 Å². The van der Waals surface area contributed by atoms with Crippen LogP contribution in [0.1, 0.15) is 26.3 Å². The highest BCUT2D eigenvalue weighted by Crippen LogP contribution is 2.11. The number of hydrogen-bond acceptors (Lipinski definition) is 7. The van der Waals surface area contributed by atoms with Crippen molar-refractivity contribution >= 4 is 23.9 Å². The molecule has 0 aliphatic rings. The number of aliphatic hydroxyl groups excluding tert-OH is 1. The van der Waals surface area contributed by atoms with Gasteiger partial charge >= 0.3 is 6.09 Å². The zero-order valence-electron chi connectivity index (χ0n) is 14.1. The minimum atomic E-state index is -1.25. The van der Waals surface area contributed by atoms with Crippen molar-refractivity contribution in [1.82, 2.24) is 10.7 Å². The summed E-state index contributed by atoms with van der Waals surface area (Å²) in [5.74, 6) is -0.768. The van der Waals surface area contributed by atoms with Crippen LogP contribution in [0.25, 0.3) is 0 Å². The second kappa shape index (κ2) is 8.73. The van der Waals surface area contributed by atoms with Gasteiger partial charge in [0.05, 0.1) is 17.7 Å². The highest BCUT2D eigenvalue weighted by molar-refractivity contribution is 5.87. The Morgan fingerprint density at radius 3 is 2.68 bits per heavy atom. The summed E-state index contributed by atoms with van der Waals surface area (Å²) in [7, 11) is 0. The normalized spacial score (nSPS) is 12.5. The molecule has 1 rings (SSSR count). The van der Waals surface area contributed by atoms with Crippen LogP contribution in [0.15, 0.2) is 29.4 Å². The average molecular weight is 352 g/mol. The molecule has 0 fully saturated rings. The smallest absolute Gasteiger partial charge is 0.408 e. The summed E-state index contributed by atoms with van der Waals surface area (Å²) >= 11 is 0. The number of aliphatic hydroxyl groups is 1. The fraction of sp³-hybridized carbons (Fsp3) is 0.400. The Hall–Kier alpha value is -3.01. The maximum Gasteiger partial charge on any atom is 0.408 e. The Bertz CT molecular complexity index is 668. The van der Waals surface area contributed by atoms with Crippen molar-refractivity contribution in [2.24, 2.45) is 5.10 Å². The van der Waals surface area contributed by atoms with E-state index in [0.29, 0.717) is 5.56 Å². The molecule has 0 aliphatic carbocycles. The van der Waals surface area contributed by atoms with Crippen molar-refractivity contribution in [3.05, 3.63) is 39.9 Å². The van der Waals surface area contributed by atoms with Crippen molar-refractivity contribution in [1.29, 1.82) is 0 Å². The van der Waals surface area contributed by atoms with E-state index in [1.54, 1.807) is 26.8 Å². The Balaban J connectivity index is 2.62. The molecule has 136 valence electrons. The number of amides is 2. The first kappa shape index (κ1) is 20.0. The molecule has 0 aromatic heterocycles. The lowest BCUT2D eigenvalue weighted by Crippen LogP contribution is -2.49. The van der Waals surface area contributed by atoms with Crippen LogP contribution in [0.2, 0.25) is 0 Å². The number of nitro groups is 1. The van der Waals surface area contributed by atoms with Gasteiger partial charge < -0.3 is 15.2 Å². The highest BCUT2D eigenvalue weighted by atomic mass is 16.6. The molecule has 0 radical (unpaired) electrons.